The normalized spacial score (nSPS) is 18.0. The van der Waals surface area contributed by atoms with Crippen molar-refractivity contribution < 1.29 is 4.74 Å². The van der Waals surface area contributed by atoms with Crippen molar-refractivity contribution in [2.75, 3.05) is 19.8 Å². The molecule has 0 unspecified atom stereocenters. The van der Waals surface area contributed by atoms with E-state index in [-0.39, 0.29) is 5.54 Å². The third-order valence-corrected chi connectivity index (χ3v) is 3.90. The molecule has 1 aliphatic heterocycles. The number of nitrogens with one attached hydrogen (secondary N) is 1. The van der Waals surface area contributed by atoms with Crippen LogP contribution in [0.25, 0.3) is 5.57 Å². The van der Waals surface area contributed by atoms with Gasteiger partial charge in [-0.2, -0.15) is 0 Å². The largest absolute Gasteiger partial charge is 0.381 e. The quantitative estimate of drug-likeness (QED) is 0.916. The van der Waals surface area contributed by atoms with Gasteiger partial charge < -0.3 is 10.1 Å². The van der Waals surface area contributed by atoms with E-state index in [0.717, 1.165) is 38.3 Å². The van der Waals surface area contributed by atoms with E-state index < -0.39 is 0 Å². The lowest BCUT2D eigenvalue weighted by atomic mass is 9.95. The van der Waals surface area contributed by atoms with E-state index >= 15 is 0 Å². The molecule has 0 amide bonds. The van der Waals surface area contributed by atoms with Crippen molar-refractivity contribution in [1.82, 2.24) is 10.3 Å². The van der Waals surface area contributed by atoms with E-state index in [9.17, 15) is 0 Å². The molecule has 0 spiro atoms. The number of rotatable bonds is 4. The Bertz CT molecular complexity index is 482. The smallest absolute Gasteiger partial charge is 0.0674 e. The van der Waals surface area contributed by atoms with Gasteiger partial charge in [0.25, 0.3) is 0 Å². The Kier molecular flexibility index (Phi) is 5.54. The van der Waals surface area contributed by atoms with Crippen LogP contribution in [0.1, 0.15) is 57.8 Å². The Morgan fingerprint density at radius 2 is 2.05 bits per heavy atom. The van der Waals surface area contributed by atoms with Crippen LogP contribution in [0.5, 0.6) is 0 Å². The standard InChI is InChI=1S/C18H28N2O/c1-5-14(13-19-18(2,3)4)16-7-6-8-17(20-16)15-9-11-21-12-10-15/h5-8,15,19H,9-13H2,1-4H3/b14-5-. The molecule has 2 rings (SSSR count). The highest BCUT2D eigenvalue weighted by molar-refractivity contribution is 5.63. The minimum atomic E-state index is 0.118. The van der Waals surface area contributed by atoms with E-state index in [0.29, 0.717) is 5.92 Å². The van der Waals surface area contributed by atoms with E-state index in [2.05, 4.69) is 57.3 Å². The SMILES string of the molecule is C/C=C(/CNC(C)(C)C)c1cccc(C2CCOCC2)n1. The average Bonchev–Trinajstić information content (AvgIpc) is 2.48. The Hall–Kier alpha value is -1.19. The number of aromatic nitrogens is 1. The van der Waals surface area contributed by atoms with Crippen LogP contribution in [-0.4, -0.2) is 30.3 Å². The van der Waals surface area contributed by atoms with E-state index in [4.69, 9.17) is 9.72 Å². The first-order chi connectivity index (χ1) is 9.99. The van der Waals surface area contributed by atoms with E-state index in [1.807, 2.05) is 0 Å². The minimum Gasteiger partial charge on any atom is -0.381 e. The van der Waals surface area contributed by atoms with Crippen molar-refractivity contribution in [2.24, 2.45) is 0 Å². The van der Waals surface area contributed by atoms with Crippen molar-refractivity contribution in [1.29, 1.82) is 0 Å². The van der Waals surface area contributed by atoms with Crippen LogP contribution in [-0.2, 0) is 4.74 Å². The molecule has 0 bridgehead atoms. The first-order valence-electron chi connectivity index (χ1n) is 7.95. The van der Waals surface area contributed by atoms with Gasteiger partial charge in [0.05, 0.1) is 5.69 Å². The topological polar surface area (TPSA) is 34.1 Å². The average molecular weight is 288 g/mol. The van der Waals surface area contributed by atoms with E-state index in [1.165, 1.54) is 11.3 Å². The fourth-order valence-electron chi connectivity index (χ4n) is 2.55. The third-order valence-electron chi connectivity index (χ3n) is 3.90. The van der Waals surface area contributed by atoms with Crippen LogP contribution in [0, 0.1) is 0 Å². The molecular formula is C18H28N2O. The lowest BCUT2D eigenvalue weighted by molar-refractivity contribution is 0.0845. The van der Waals surface area contributed by atoms with Crippen LogP contribution in [0.3, 0.4) is 0 Å². The number of nitrogens with zero attached hydrogens (tertiary/aromatic N) is 1. The zero-order valence-electron chi connectivity index (χ0n) is 13.8. The number of ether oxygens (including phenoxy) is 1. The molecule has 1 saturated heterocycles. The van der Waals surface area contributed by atoms with Gasteiger partial charge in [-0.05, 0) is 58.2 Å². The van der Waals surface area contributed by atoms with Gasteiger partial charge >= 0.3 is 0 Å². The maximum absolute atomic E-state index is 5.45. The van der Waals surface area contributed by atoms with Crippen molar-refractivity contribution in [3.8, 4) is 0 Å². The second kappa shape index (κ2) is 7.19. The molecule has 3 heteroatoms. The first kappa shape index (κ1) is 16.2. The molecule has 116 valence electrons. The van der Waals surface area contributed by atoms with Crippen molar-refractivity contribution in [3.05, 3.63) is 35.7 Å². The molecule has 3 nitrogen and oxygen atoms in total. The molecule has 2 heterocycles. The molecule has 0 aromatic carbocycles. The molecule has 0 aliphatic carbocycles. The summed E-state index contributed by atoms with van der Waals surface area (Å²) in [4.78, 5) is 4.90. The molecule has 1 aromatic rings. The minimum absolute atomic E-state index is 0.118. The fourth-order valence-corrected chi connectivity index (χ4v) is 2.55. The molecule has 0 radical (unpaired) electrons. The Morgan fingerprint density at radius 3 is 2.67 bits per heavy atom. The zero-order valence-corrected chi connectivity index (χ0v) is 13.8. The van der Waals surface area contributed by atoms with Crippen LogP contribution >= 0.6 is 0 Å². The monoisotopic (exact) mass is 288 g/mol. The van der Waals surface area contributed by atoms with Gasteiger partial charge in [0.1, 0.15) is 0 Å². The number of hydrogen-bond acceptors (Lipinski definition) is 3. The van der Waals surface area contributed by atoms with Crippen molar-refractivity contribution in [2.45, 2.75) is 52.0 Å². The molecule has 1 N–H and O–H groups in total. The molecule has 0 atom stereocenters. The van der Waals surface area contributed by atoms with Gasteiger partial charge in [-0.1, -0.05) is 12.1 Å². The molecule has 1 aromatic heterocycles. The molecular weight excluding hydrogens is 260 g/mol. The third kappa shape index (κ3) is 4.94. The second-order valence-corrected chi connectivity index (χ2v) is 6.75. The van der Waals surface area contributed by atoms with Gasteiger partial charge in [0, 0.05) is 36.9 Å². The Morgan fingerprint density at radius 1 is 1.33 bits per heavy atom. The predicted molar refractivity (Wildman–Crippen MR) is 88.4 cm³/mol. The molecule has 21 heavy (non-hydrogen) atoms. The maximum Gasteiger partial charge on any atom is 0.0674 e. The van der Waals surface area contributed by atoms with E-state index in [1.54, 1.807) is 0 Å². The fraction of sp³-hybridized carbons (Fsp3) is 0.611. The van der Waals surface area contributed by atoms with Crippen LogP contribution in [0.4, 0.5) is 0 Å². The summed E-state index contributed by atoms with van der Waals surface area (Å²) in [6.45, 7) is 11.2. The number of allylic oxidation sites excluding steroid dienone is 1. The maximum atomic E-state index is 5.45. The highest BCUT2D eigenvalue weighted by atomic mass is 16.5. The summed E-state index contributed by atoms with van der Waals surface area (Å²) < 4.78 is 5.45. The lowest BCUT2D eigenvalue weighted by Crippen LogP contribution is -2.36. The molecule has 0 saturated carbocycles. The highest BCUT2D eigenvalue weighted by Crippen LogP contribution is 2.26. The summed E-state index contributed by atoms with van der Waals surface area (Å²) in [5.74, 6) is 0.549. The van der Waals surface area contributed by atoms with Crippen LogP contribution < -0.4 is 5.32 Å². The summed E-state index contributed by atoms with van der Waals surface area (Å²) in [5, 5.41) is 3.54. The van der Waals surface area contributed by atoms with Crippen molar-refractivity contribution in [3.63, 3.8) is 0 Å². The van der Waals surface area contributed by atoms with Gasteiger partial charge in [0.2, 0.25) is 0 Å². The Balaban J connectivity index is 2.11. The van der Waals surface area contributed by atoms with Gasteiger partial charge in [-0.15, -0.1) is 0 Å². The first-order valence-corrected chi connectivity index (χ1v) is 7.95. The summed E-state index contributed by atoms with van der Waals surface area (Å²) in [6.07, 6.45) is 4.33. The van der Waals surface area contributed by atoms with Gasteiger partial charge in [0.15, 0.2) is 0 Å². The summed E-state index contributed by atoms with van der Waals surface area (Å²) in [7, 11) is 0. The predicted octanol–water partition coefficient (Wildman–Crippen LogP) is 3.77. The zero-order chi connectivity index (χ0) is 15.3. The number of pyridine rings is 1. The number of hydrogen-bond donors (Lipinski definition) is 1. The summed E-state index contributed by atoms with van der Waals surface area (Å²) >= 11 is 0. The second-order valence-electron chi connectivity index (χ2n) is 6.75. The van der Waals surface area contributed by atoms with Gasteiger partial charge in [-0.25, -0.2) is 0 Å². The van der Waals surface area contributed by atoms with Crippen molar-refractivity contribution >= 4 is 5.57 Å². The lowest BCUT2D eigenvalue weighted by Gasteiger charge is -2.23. The molecule has 1 fully saturated rings. The van der Waals surface area contributed by atoms with Crippen LogP contribution in [0.15, 0.2) is 24.3 Å². The highest BCUT2D eigenvalue weighted by Gasteiger charge is 2.18. The summed E-state index contributed by atoms with van der Waals surface area (Å²) in [6, 6.07) is 6.40. The molecule has 1 aliphatic rings. The van der Waals surface area contributed by atoms with Gasteiger partial charge in [-0.3, -0.25) is 4.98 Å². The van der Waals surface area contributed by atoms with Crippen LogP contribution in [0.2, 0.25) is 0 Å². The Labute approximate surface area is 128 Å². The summed E-state index contributed by atoms with van der Waals surface area (Å²) in [5.41, 5.74) is 3.69.